The summed E-state index contributed by atoms with van der Waals surface area (Å²) < 4.78 is 0. The standard InChI is InChI=1S/C9H10N2O2/c1-6-5-10-9-3-2-7(11(12)13)4-8(6)9/h2-4,6,10H,5H2,1H3/t6-/m0/s1. The molecule has 0 unspecified atom stereocenters. The number of fused-ring (bicyclic) bond motifs is 1. The first kappa shape index (κ1) is 8.04. The summed E-state index contributed by atoms with van der Waals surface area (Å²) >= 11 is 0. The maximum Gasteiger partial charge on any atom is 0.269 e. The molecule has 4 nitrogen and oxygen atoms in total. The molecule has 0 bridgehead atoms. The Bertz CT molecular complexity index is 363. The van der Waals surface area contributed by atoms with E-state index in [2.05, 4.69) is 12.2 Å². The summed E-state index contributed by atoms with van der Waals surface area (Å²) in [6, 6.07) is 4.96. The summed E-state index contributed by atoms with van der Waals surface area (Å²) in [5, 5.41) is 13.7. The zero-order valence-corrected chi connectivity index (χ0v) is 7.28. The third-order valence-corrected chi connectivity index (χ3v) is 2.38. The molecule has 1 aliphatic rings. The highest BCUT2D eigenvalue weighted by Crippen LogP contribution is 2.33. The van der Waals surface area contributed by atoms with Crippen LogP contribution in [0.25, 0.3) is 0 Å². The molecule has 1 atom stereocenters. The van der Waals surface area contributed by atoms with Crippen molar-refractivity contribution in [1.29, 1.82) is 0 Å². The number of nitrogens with one attached hydrogen (secondary N) is 1. The molecule has 1 aromatic rings. The molecule has 1 aliphatic heterocycles. The summed E-state index contributed by atoms with van der Waals surface area (Å²) in [4.78, 5) is 10.1. The van der Waals surface area contributed by atoms with Crippen molar-refractivity contribution in [3.63, 3.8) is 0 Å². The number of non-ortho nitro benzene ring substituents is 1. The van der Waals surface area contributed by atoms with E-state index in [0.717, 1.165) is 17.8 Å². The van der Waals surface area contributed by atoms with Crippen LogP contribution in [0.2, 0.25) is 0 Å². The minimum absolute atomic E-state index is 0.175. The maximum absolute atomic E-state index is 10.5. The molecule has 0 aliphatic carbocycles. The molecule has 0 spiro atoms. The minimum Gasteiger partial charge on any atom is -0.384 e. The summed E-state index contributed by atoms with van der Waals surface area (Å²) in [5.74, 6) is 0.370. The van der Waals surface area contributed by atoms with Gasteiger partial charge < -0.3 is 5.32 Å². The van der Waals surface area contributed by atoms with Crippen molar-refractivity contribution in [3.05, 3.63) is 33.9 Å². The Morgan fingerprint density at radius 1 is 1.62 bits per heavy atom. The SMILES string of the molecule is C[C@H]1CNc2ccc([N+](=O)[O-])cc21. The van der Waals surface area contributed by atoms with Gasteiger partial charge in [0.25, 0.3) is 5.69 Å². The zero-order valence-electron chi connectivity index (χ0n) is 7.28. The smallest absolute Gasteiger partial charge is 0.269 e. The van der Waals surface area contributed by atoms with Crippen molar-refractivity contribution in [2.24, 2.45) is 0 Å². The molecule has 13 heavy (non-hydrogen) atoms. The number of hydrogen-bond donors (Lipinski definition) is 1. The Hall–Kier alpha value is -1.58. The van der Waals surface area contributed by atoms with Gasteiger partial charge in [-0.05, 0) is 11.6 Å². The highest BCUT2D eigenvalue weighted by Gasteiger charge is 2.20. The van der Waals surface area contributed by atoms with Gasteiger partial charge in [0.15, 0.2) is 0 Å². The molecule has 0 radical (unpaired) electrons. The lowest BCUT2D eigenvalue weighted by molar-refractivity contribution is -0.384. The predicted molar refractivity (Wildman–Crippen MR) is 50.0 cm³/mol. The Morgan fingerprint density at radius 3 is 3.08 bits per heavy atom. The van der Waals surface area contributed by atoms with E-state index in [9.17, 15) is 10.1 Å². The first-order chi connectivity index (χ1) is 6.18. The molecule has 4 heteroatoms. The Balaban J connectivity index is 2.47. The van der Waals surface area contributed by atoms with Crippen molar-refractivity contribution in [2.45, 2.75) is 12.8 Å². The van der Waals surface area contributed by atoms with E-state index in [1.54, 1.807) is 12.1 Å². The third-order valence-electron chi connectivity index (χ3n) is 2.38. The molecule has 0 fully saturated rings. The Morgan fingerprint density at radius 2 is 2.38 bits per heavy atom. The largest absolute Gasteiger partial charge is 0.384 e. The average molecular weight is 178 g/mol. The van der Waals surface area contributed by atoms with Crippen LogP contribution < -0.4 is 5.32 Å². The Labute approximate surface area is 75.7 Å². The summed E-state index contributed by atoms with van der Waals surface area (Å²) in [5.41, 5.74) is 2.25. The van der Waals surface area contributed by atoms with Crippen molar-refractivity contribution in [2.75, 3.05) is 11.9 Å². The number of rotatable bonds is 1. The molecule has 0 amide bonds. The van der Waals surface area contributed by atoms with Gasteiger partial charge in [-0.2, -0.15) is 0 Å². The van der Waals surface area contributed by atoms with Gasteiger partial charge in [0.2, 0.25) is 0 Å². The molecule has 1 heterocycles. The zero-order chi connectivity index (χ0) is 9.42. The normalized spacial score (nSPS) is 19.3. The van der Waals surface area contributed by atoms with E-state index in [1.807, 2.05) is 0 Å². The monoisotopic (exact) mass is 178 g/mol. The number of nitrogens with zero attached hydrogens (tertiary/aromatic N) is 1. The van der Waals surface area contributed by atoms with Gasteiger partial charge in [-0.3, -0.25) is 10.1 Å². The lowest BCUT2D eigenvalue weighted by atomic mass is 10.0. The second-order valence-corrected chi connectivity index (χ2v) is 3.31. The van der Waals surface area contributed by atoms with Crippen LogP contribution in [-0.4, -0.2) is 11.5 Å². The van der Waals surface area contributed by atoms with E-state index >= 15 is 0 Å². The van der Waals surface area contributed by atoms with Gasteiger partial charge >= 0.3 is 0 Å². The quantitative estimate of drug-likeness (QED) is 0.529. The van der Waals surface area contributed by atoms with Crippen LogP contribution in [0.1, 0.15) is 18.4 Å². The van der Waals surface area contributed by atoms with Crippen molar-refractivity contribution in [3.8, 4) is 0 Å². The molecular weight excluding hydrogens is 168 g/mol. The number of hydrogen-bond acceptors (Lipinski definition) is 3. The van der Waals surface area contributed by atoms with Gasteiger partial charge in [0.1, 0.15) is 0 Å². The van der Waals surface area contributed by atoms with E-state index in [1.165, 1.54) is 6.07 Å². The number of nitro benzene ring substituents is 1. The van der Waals surface area contributed by atoms with Gasteiger partial charge in [-0.1, -0.05) is 6.92 Å². The molecular formula is C9H10N2O2. The molecule has 1 aromatic carbocycles. The number of benzene rings is 1. The molecule has 0 aromatic heterocycles. The van der Waals surface area contributed by atoms with E-state index in [0.29, 0.717) is 5.92 Å². The summed E-state index contributed by atoms with van der Waals surface area (Å²) in [6.45, 7) is 2.93. The highest BCUT2D eigenvalue weighted by molar-refractivity contribution is 5.61. The van der Waals surface area contributed by atoms with E-state index < -0.39 is 0 Å². The van der Waals surface area contributed by atoms with Crippen LogP contribution in [-0.2, 0) is 0 Å². The van der Waals surface area contributed by atoms with Crippen molar-refractivity contribution >= 4 is 11.4 Å². The molecule has 1 N–H and O–H groups in total. The highest BCUT2D eigenvalue weighted by atomic mass is 16.6. The second-order valence-electron chi connectivity index (χ2n) is 3.31. The minimum atomic E-state index is -0.356. The van der Waals surface area contributed by atoms with E-state index in [4.69, 9.17) is 0 Å². The van der Waals surface area contributed by atoms with E-state index in [-0.39, 0.29) is 10.6 Å². The lowest BCUT2D eigenvalue weighted by Crippen LogP contribution is -1.95. The second kappa shape index (κ2) is 2.73. The molecule has 0 saturated carbocycles. The molecule has 2 rings (SSSR count). The summed E-state index contributed by atoms with van der Waals surface area (Å²) in [7, 11) is 0. The van der Waals surface area contributed by atoms with Gasteiger partial charge in [0.05, 0.1) is 4.92 Å². The lowest BCUT2D eigenvalue weighted by Gasteiger charge is -2.00. The van der Waals surface area contributed by atoms with Crippen LogP contribution in [0.3, 0.4) is 0 Å². The van der Waals surface area contributed by atoms with Crippen molar-refractivity contribution in [1.82, 2.24) is 0 Å². The molecule has 68 valence electrons. The van der Waals surface area contributed by atoms with Crippen LogP contribution in [0.15, 0.2) is 18.2 Å². The topological polar surface area (TPSA) is 55.2 Å². The Kier molecular flexibility index (Phi) is 1.69. The molecule has 0 saturated heterocycles. The fourth-order valence-corrected chi connectivity index (χ4v) is 1.61. The fourth-order valence-electron chi connectivity index (χ4n) is 1.61. The van der Waals surface area contributed by atoms with Gasteiger partial charge in [-0.15, -0.1) is 0 Å². The summed E-state index contributed by atoms with van der Waals surface area (Å²) in [6.07, 6.45) is 0. The fraction of sp³-hybridized carbons (Fsp3) is 0.333. The third kappa shape index (κ3) is 1.24. The maximum atomic E-state index is 10.5. The number of anilines is 1. The van der Waals surface area contributed by atoms with Crippen molar-refractivity contribution < 1.29 is 4.92 Å². The van der Waals surface area contributed by atoms with Gasteiger partial charge in [-0.25, -0.2) is 0 Å². The van der Waals surface area contributed by atoms with Crippen LogP contribution in [0.4, 0.5) is 11.4 Å². The van der Waals surface area contributed by atoms with Crippen LogP contribution in [0.5, 0.6) is 0 Å². The number of nitro groups is 1. The first-order valence-corrected chi connectivity index (χ1v) is 4.20. The first-order valence-electron chi connectivity index (χ1n) is 4.20. The predicted octanol–water partition coefficient (Wildman–Crippen LogP) is 2.12. The van der Waals surface area contributed by atoms with Gasteiger partial charge in [0, 0.05) is 30.3 Å². The van der Waals surface area contributed by atoms with Crippen LogP contribution >= 0.6 is 0 Å². The van der Waals surface area contributed by atoms with Crippen LogP contribution in [0, 0.1) is 10.1 Å². The average Bonchev–Trinajstić information content (AvgIpc) is 2.47.